The highest BCUT2D eigenvalue weighted by Crippen LogP contribution is 2.31. The molecule has 0 saturated heterocycles. The largest absolute Gasteiger partial charge is 0.478 e. The van der Waals surface area contributed by atoms with Crippen LogP contribution in [0.3, 0.4) is 0 Å². The normalized spacial score (nSPS) is 14.4. The van der Waals surface area contributed by atoms with E-state index in [2.05, 4.69) is 20.4 Å². The van der Waals surface area contributed by atoms with Gasteiger partial charge in [0.15, 0.2) is 0 Å². The maximum absolute atomic E-state index is 10.3. The van der Waals surface area contributed by atoms with E-state index < -0.39 is 5.97 Å². The van der Waals surface area contributed by atoms with Crippen LogP contribution in [0.25, 0.3) is 0 Å². The van der Waals surface area contributed by atoms with Gasteiger partial charge in [-0.2, -0.15) is 0 Å². The lowest BCUT2D eigenvalue weighted by atomic mass is 9.77. The molecule has 2 nitrogen and oxygen atoms in total. The fourth-order valence-electron chi connectivity index (χ4n) is 1.26. The standard InChI is InChI=1S/C11H18O2/c1-5-9(7-8-10(12)13)11(3,4)6-2/h6-9H,2,5H2,1,3-4H3,(H,12,13)/b8-7+. The Hall–Kier alpha value is -1.05. The van der Waals surface area contributed by atoms with E-state index in [1.165, 1.54) is 6.08 Å². The summed E-state index contributed by atoms with van der Waals surface area (Å²) in [6, 6.07) is 0. The monoisotopic (exact) mass is 182 g/mol. The molecule has 0 bridgehead atoms. The van der Waals surface area contributed by atoms with Crippen molar-refractivity contribution in [2.75, 3.05) is 0 Å². The number of allylic oxidation sites excluding steroid dienone is 2. The molecule has 0 saturated carbocycles. The third kappa shape index (κ3) is 3.92. The van der Waals surface area contributed by atoms with Gasteiger partial charge in [-0.3, -0.25) is 0 Å². The van der Waals surface area contributed by atoms with Crippen molar-refractivity contribution in [1.29, 1.82) is 0 Å². The molecule has 0 aliphatic heterocycles. The zero-order chi connectivity index (χ0) is 10.5. The van der Waals surface area contributed by atoms with Crippen LogP contribution in [0.1, 0.15) is 27.2 Å². The van der Waals surface area contributed by atoms with Crippen LogP contribution < -0.4 is 0 Å². The summed E-state index contributed by atoms with van der Waals surface area (Å²) >= 11 is 0. The first kappa shape index (κ1) is 11.9. The molecule has 2 heteroatoms. The molecule has 74 valence electrons. The van der Waals surface area contributed by atoms with Gasteiger partial charge in [0.1, 0.15) is 0 Å². The molecule has 0 aromatic heterocycles. The number of hydrogen-bond donors (Lipinski definition) is 1. The predicted molar refractivity (Wildman–Crippen MR) is 54.5 cm³/mol. The summed E-state index contributed by atoms with van der Waals surface area (Å²) < 4.78 is 0. The second-order valence-corrected chi connectivity index (χ2v) is 3.74. The molecule has 0 aliphatic carbocycles. The fourth-order valence-corrected chi connectivity index (χ4v) is 1.26. The lowest BCUT2D eigenvalue weighted by Gasteiger charge is -2.27. The van der Waals surface area contributed by atoms with Crippen molar-refractivity contribution in [1.82, 2.24) is 0 Å². The molecule has 1 unspecified atom stereocenters. The average Bonchev–Trinajstić information content (AvgIpc) is 2.04. The van der Waals surface area contributed by atoms with E-state index in [0.29, 0.717) is 0 Å². The highest BCUT2D eigenvalue weighted by atomic mass is 16.4. The third-order valence-electron chi connectivity index (χ3n) is 2.39. The topological polar surface area (TPSA) is 37.3 Å². The van der Waals surface area contributed by atoms with Gasteiger partial charge < -0.3 is 5.11 Å². The van der Waals surface area contributed by atoms with Crippen molar-refractivity contribution in [3.8, 4) is 0 Å². The Morgan fingerprint density at radius 3 is 2.46 bits per heavy atom. The van der Waals surface area contributed by atoms with Crippen LogP contribution >= 0.6 is 0 Å². The molecule has 0 amide bonds. The van der Waals surface area contributed by atoms with Crippen LogP contribution in [-0.4, -0.2) is 11.1 Å². The smallest absolute Gasteiger partial charge is 0.327 e. The van der Waals surface area contributed by atoms with Crippen LogP contribution in [0.15, 0.2) is 24.8 Å². The van der Waals surface area contributed by atoms with E-state index in [9.17, 15) is 4.79 Å². The maximum Gasteiger partial charge on any atom is 0.327 e. The van der Waals surface area contributed by atoms with E-state index in [4.69, 9.17) is 5.11 Å². The second-order valence-electron chi connectivity index (χ2n) is 3.74. The first-order valence-electron chi connectivity index (χ1n) is 4.48. The zero-order valence-corrected chi connectivity index (χ0v) is 8.58. The van der Waals surface area contributed by atoms with Crippen LogP contribution in [0.4, 0.5) is 0 Å². The molecule has 1 N–H and O–H groups in total. The molecule has 0 aromatic carbocycles. The van der Waals surface area contributed by atoms with Crippen molar-refractivity contribution in [2.45, 2.75) is 27.2 Å². The van der Waals surface area contributed by atoms with Gasteiger partial charge >= 0.3 is 5.97 Å². The fraction of sp³-hybridized carbons (Fsp3) is 0.545. The molecule has 1 atom stereocenters. The van der Waals surface area contributed by atoms with Crippen molar-refractivity contribution >= 4 is 5.97 Å². The molecule has 0 rings (SSSR count). The number of hydrogen-bond acceptors (Lipinski definition) is 1. The number of rotatable bonds is 5. The first-order chi connectivity index (χ1) is 5.94. The highest BCUT2D eigenvalue weighted by Gasteiger charge is 2.22. The Morgan fingerprint density at radius 1 is 1.62 bits per heavy atom. The molecule has 0 fully saturated rings. The quantitative estimate of drug-likeness (QED) is 0.524. The Bertz CT molecular complexity index is 214. The van der Waals surface area contributed by atoms with Gasteiger partial charge in [-0.25, -0.2) is 4.79 Å². The van der Waals surface area contributed by atoms with E-state index >= 15 is 0 Å². The lowest BCUT2D eigenvalue weighted by molar-refractivity contribution is -0.131. The van der Waals surface area contributed by atoms with Gasteiger partial charge in [-0.1, -0.05) is 32.9 Å². The summed E-state index contributed by atoms with van der Waals surface area (Å²) in [5.74, 6) is -0.653. The van der Waals surface area contributed by atoms with E-state index in [-0.39, 0.29) is 11.3 Å². The van der Waals surface area contributed by atoms with Crippen LogP contribution in [-0.2, 0) is 4.79 Å². The summed E-state index contributed by atoms with van der Waals surface area (Å²) in [5, 5.41) is 8.48. The van der Waals surface area contributed by atoms with Crippen molar-refractivity contribution in [2.24, 2.45) is 11.3 Å². The predicted octanol–water partition coefficient (Wildman–Crippen LogP) is 2.87. The first-order valence-corrected chi connectivity index (χ1v) is 4.48. The molecule has 13 heavy (non-hydrogen) atoms. The van der Waals surface area contributed by atoms with Crippen molar-refractivity contribution in [3.05, 3.63) is 24.8 Å². The highest BCUT2D eigenvalue weighted by molar-refractivity contribution is 5.79. The molecule has 0 spiro atoms. The summed E-state index contributed by atoms with van der Waals surface area (Å²) in [5.41, 5.74) is -0.0410. The summed E-state index contributed by atoms with van der Waals surface area (Å²) in [7, 11) is 0. The zero-order valence-electron chi connectivity index (χ0n) is 8.58. The van der Waals surface area contributed by atoms with Crippen LogP contribution in [0.5, 0.6) is 0 Å². The number of carboxylic acid groups (broad SMARTS) is 1. The number of aliphatic carboxylic acids is 1. The van der Waals surface area contributed by atoms with Gasteiger partial charge in [0.2, 0.25) is 0 Å². The molecule has 0 heterocycles. The van der Waals surface area contributed by atoms with Gasteiger partial charge in [-0.05, 0) is 17.8 Å². The van der Waals surface area contributed by atoms with Crippen LogP contribution in [0, 0.1) is 11.3 Å². The molecular weight excluding hydrogens is 164 g/mol. The summed E-state index contributed by atoms with van der Waals surface area (Å²) in [6.07, 6.45) is 5.74. The Kier molecular flexibility index (Phi) is 4.46. The van der Waals surface area contributed by atoms with Gasteiger partial charge in [0.25, 0.3) is 0 Å². The molecular formula is C11H18O2. The minimum atomic E-state index is -0.890. The van der Waals surface area contributed by atoms with Gasteiger partial charge in [0, 0.05) is 6.08 Å². The Morgan fingerprint density at radius 2 is 2.15 bits per heavy atom. The molecule has 0 aliphatic rings. The number of carbonyl (C=O) groups is 1. The lowest BCUT2D eigenvalue weighted by Crippen LogP contribution is -2.19. The Balaban J connectivity index is 4.51. The van der Waals surface area contributed by atoms with Gasteiger partial charge in [-0.15, -0.1) is 6.58 Å². The average molecular weight is 182 g/mol. The minimum Gasteiger partial charge on any atom is -0.478 e. The SMILES string of the molecule is C=CC(C)(C)C(/C=C/C(=O)O)CC. The summed E-state index contributed by atoms with van der Waals surface area (Å²) in [6.45, 7) is 9.90. The number of carboxylic acids is 1. The Labute approximate surface area is 80.0 Å². The van der Waals surface area contributed by atoms with Gasteiger partial charge in [0.05, 0.1) is 0 Å². The van der Waals surface area contributed by atoms with Crippen molar-refractivity contribution in [3.63, 3.8) is 0 Å². The van der Waals surface area contributed by atoms with E-state index in [0.717, 1.165) is 6.42 Å². The maximum atomic E-state index is 10.3. The van der Waals surface area contributed by atoms with Crippen LogP contribution in [0.2, 0.25) is 0 Å². The van der Waals surface area contributed by atoms with Crippen molar-refractivity contribution < 1.29 is 9.90 Å². The molecule has 0 aromatic rings. The molecule has 0 radical (unpaired) electrons. The van der Waals surface area contributed by atoms with E-state index in [1.807, 2.05) is 13.0 Å². The third-order valence-corrected chi connectivity index (χ3v) is 2.39. The minimum absolute atomic E-state index is 0.0410. The second kappa shape index (κ2) is 4.85. The summed E-state index contributed by atoms with van der Waals surface area (Å²) in [4.78, 5) is 10.3. The van der Waals surface area contributed by atoms with E-state index in [1.54, 1.807) is 6.08 Å².